The van der Waals surface area contributed by atoms with Crippen LogP contribution in [-0.2, 0) is 5.75 Å². The fourth-order valence-corrected chi connectivity index (χ4v) is 1.26. The molecule has 0 aliphatic carbocycles. The number of hydrogen-bond donors (Lipinski definition) is 1. The highest BCUT2D eigenvalue weighted by Gasteiger charge is 1.96. The Morgan fingerprint density at radius 3 is 3.09 bits per heavy atom. The first-order valence-electron chi connectivity index (χ1n) is 3.36. The minimum absolute atomic E-state index is 0.533. The molecule has 2 nitrogen and oxygen atoms in total. The summed E-state index contributed by atoms with van der Waals surface area (Å²) in [6.07, 6.45) is 1.67. The van der Waals surface area contributed by atoms with Gasteiger partial charge in [0.05, 0.1) is 12.0 Å². The SMILES string of the molecule is C=C(CN)SCc1ccco1. The van der Waals surface area contributed by atoms with Crippen LogP contribution in [0.5, 0.6) is 0 Å². The van der Waals surface area contributed by atoms with E-state index in [2.05, 4.69) is 6.58 Å². The van der Waals surface area contributed by atoms with Crippen LogP contribution in [-0.4, -0.2) is 6.54 Å². The van der Waals surface area contributed by atoms with Crippen molar-refractivity contribution >= 4 is 11.8 Å². The Morgan fingerprint density at radius 1 is 1.73 bits per heavy atom. The van der Waals surface area contributed by atoms with E-state index in [1.165, 1.54) is 0 Å². The van der Waals surface area contributed by atoms with Crippen LogP contribution < -0.4 is 5.73 Å². The van der Waals surface area contributed by atoms with Gasteiger partial charge in [-0.1, -0.05) is 6.58 Å². The van der Waals surface area contributed by atoms with Crippen LogP contribution in [0.3, 0.4) is 0 Å². The number of nitrogens with two attached hydrogens (primary N) is 1. The maximum atomic E-state index is 5.36. The van der Waals surface area contributed by atoms with Crippen molar-refractivity contribution < 1.29 is 4.42 Å². The first kappa shape index (κ1) is 8.43. The predicted molar refractivity (Wildman–Crippen MR) is 48.2 cm³/mol. The number of thioether (sulfide) groups is 1. The summed E-state index contributed by atoms with van der Waals surface area (Å²) in [6.45, 7) is 4.30. The minimum Gasteiger partial charge on any atom is -0.468 e. The van der Waals surface area contributed by atoms with Crippen LogP contribution in [0, 0.1) is 0 Å². The number of furan rings is 1. The van der Waals surface area contributed by atoms with Gasteiger partial charge in [-0.2, -0.15) is 0 Å². The van der Waals surface area contributed by atoms with E-state index >= 15 is 0 Å². The molecule has 1 aromatic heterocycles. The molecule has 3 heteroatoms. The summed E-state index contributed by atoms with van der Waals surface area (Å²) in [6, 6.07) is 3.82. The number of rotatable bonds is 4. The lowest BCUT2D eigenvalue weighted by atomic mass is 10.5. The average molecular weight is 169 g/mol. The van der Waals surface area contributed by atoms with E-state index in [-0.39, 0.29) is 0 Å². The summed E-state index contributed by atoms with van der Waals surface area (Å²) in [5.41, 5.74) is 5.36. The lowest BCUT2D eigenvalue weighted by Gasteiger charge is -1.98. The van der Waals surface area contributed by atoms with E-state index in [1.54, 1.807) is 18.0 Å². The van der Waals surface area contributed by atoms with E-state index in [1.807, 2.05) is 12.1 Å². The van der Waals surface area contributed by atoms with Gasteiger partial charge in [-0.15, -0.1) is 11.8 Å². The van der Waals surface area contributed by atoms with Crippen molar-refractivity contribution in [2.45, 2.75) is 5.75 Å². The molecular weight excluding hydrogens is 158 g/mol. The van der Waals surface area contributed by atoms with E-state index < -0.39 is 0 Å². The lowest BCUT2D eigenvalue weighted by Crippen LogP contribution is -1.98. The third-order valence-electron chi connectivity index (χ3n) is 1.23. The van der Waals surface area contributed by atoms with Crippen LogP contribution in [0.15, 0.2) is 34.3 Å². The predicted octanol–water partition coefficient (Wildman–Crippen LogP) is 1.99. The Morgan fingerprint density at radius 2 is 2.55 bits per heavy atom. The lowest BCUT2D eigenvalue weighted by molar-refractivity contribution is 0.530. The van der Waals surface area contributed by atoms with Gasteiger partial charge in [0.1, 0.15) is 5.76 Å². The van der Waals surface area contributed by atoms with Gasteiger partial charge >= 0.3 is 0 Å². The molecule has 1 aromatic rings. The molecule has 11 heavy (non-hydrogen) atoms. The Bertz CT molecular complexity index is 218. The van der Waals surface area contributed by atoms with Gasteiger partial charge in [-0.05, 0) is 17.0 Å². The molecule has 0 saturated heterocycles. The molecule has 0 fully saturated rings. The molecule has 0 unspecified atom stereocenters. The number of hydrogen-bond acceptors (Lipinski definition) is 3. The van der Waals surface area contributed by atoms with E-state index in [0.29, 0.717) is 6.54 Å². The van der Waals surface area contributed by atoms with Crippen LogP contribution in [0.4, 0.5) is 0 Å². The minimum atomic E-state index is 0.533. The van der Waals surface area contributed by atoms with Crippen molar-refractivity contribution in [1.29, 1.82) is 0 Å². The van der Waals surface area contributed by atoms with Crippen molar-refractivity contribution in [3.63, 3.8) is 0 Å². The van der Waals surface area contributed by atoms with Crippen molar-refractivity contribution in [1.82, 2.24) is 0 Å². The quantitative estimate of drug-likeness (QED) is 0.749. The van der Waals surface area contributed by atoms with Crippen LogP contribution in [0.1, 0.15) is 5.76 Å². The van der Waals surface area contributed by atoms with Gasteiger partial charge in [0.2, 0.25) is 0 Å². The fraction of sp³-hybridized carbons (Fsp3) is 0.250. The molecule has 1 heterocycles. The molecule has 0 aliphatic rings. The summed E-state index contributed by atoms with van der Waals surface area (Å²) in [5, 5.41) is 0. The maximum Gasteiger partial charge on any atom is 0.113 e. The van der Waals surface area contributed by atoms with Gasteiger partial charge in [-0.3, -0.25) is 0 Å². The highest BCUT2D eigenvalue weighted by atomic mass is 32.2. The maximum absolute atomic E-state index is 5.36. The molecule has 0 bridgehead atoms. The Kier molecular flexibility index (Phi) is 3.26. The zero-order valence-corrected chi connectivity index (χ0v) is 7.06. The largest absolute Gasteiger partial charge is 0.468 e. The van der Waals surface area contributed by atoms with Crippen molar-refractivity contribution in [3.05, 3.63) is 35.6 Å². The Hall–Kier alpha value is -0.670. The first-order chi connectivity index (χ1) is 5.33. The molecule has 0 spiro atoms. The molecule has 0 radical (unpaired) electrons. The summed E-state index contributed by atoms with van der Waals surface area (Å²) in [7, 11) is 0. The van der Waals surface area contributed by atoms with E-state index in [9.17, 15) is 0 Å². The first-order valence-corrected chi connectivity index (χ1v) is 4.34. The molecule has 0 saturated carbocycles. The standard InChI is InChI=1S/C8H11NOS/c1-7(5-9)11-6-8-3-2-4-10-8/h2-4H,1,5-6,9H2. The second-order valence-electron chi connectivity index (χ2n) is 2.11. The van der Waals surface area contributed by atoms with Crippen molar-refractivity contribution in [2.24, 2.45) is 5.73 Å². The van der Waals surface area contributed by atoms with Crippen molar-refractivity contribution in [2.75, 3.05) is 6.54 Å². The molecule has 1 rings (SSSR count). The topological polar surface area (TPSA) is 39.2 Å². The normalized spacial score (nSPS) is 9.91. The molecule has 2 N–H and O–H groups in total. The van der Waals surface area contributed by atoms with Crippen LogP contribution in [0.2, 0.25) is 0 Å². The zero-order chi connectivity index (χ0) is 8.10. The monoisotopic (exact) mass is 169 g/mol. The molecule has 0 amide bonds. The Balaban J connectivity index is 2.29. The van der Waals surface area contributed by atoms with Gasteiger partial charge in [0.25, 0.3) is 0 Å². The summed E-state index contributed by atoms with van der Waals surface area (Å²) < 4.78 is 5.13. The second-order valence-corrected chi connectivity index (χ2v) is 3.27. The highest BCUT2D eigenvalue weighted by Crippen LogP contribution is 2.18. The molecule has 0 atom stereocenters. The summed E-state index contributed by atoms with van der Waals surface area (Å²) in [4.78, 5) is 0.987. The fourth-order valence-electron chi connectivity index (χ4n) is 0.627. The Labute approximate surface area is 70.5 Å². The third kappa shape index (κ3) is 2.82. The van der Waals surface area contributed by atoms with E-state index in [4.69, 9.17) is 10.2 Å². The van der Waals surface area contributed by atoms with Crippen LogP contribution >= 0.6 is 11.8 Å². The van der Waals surface area contributed by atoms with Crippen LogP contribution in [0.25, 0.3) is 0 Å². The molecular formula is C8H11NOS. The molecule has 0 aliphatic heterocycles. The van der Waals surface area contributed by atoms with E-state index in [0.717, 1.165) is 16.4 Å². The van der Waals surface area contributed by atoms with Crippen molar-refractivity contribution in [3.8, 4) is 0 Å². The third-order valence-corrected chi connectivity index (χ3v) is 2.23. The molecule has 60 valence electrons. The summed E-state index contributed by atoms with van der Waals surface area (Å²) in [5.74, 6) is 1.79. The van der Waals surface area contributed by atoms with Gasteiger partial charge in [0.15, 0.2) is 0 Å². The second kappa shape index (κ2) is 4.26. The summed E-state index contributed by atoms with van der Waals surface area (Å²) >= 11 is 1.62. The van der Waals surface area contributed by atoms with Gasteiger partial charge < -0.3 is 10.2 Å². The zero-order valence-electron chi connectivity index (χ0n) is 6.25. The van der Waals surface area contributed by atoms with Gasteiger partial charge in [0, 0.05) is 6.54 Å². The molecule has 0 aromatic carbocycles. The average Bonchev–Trinajstić information content (AvgIpc) is 2.52. The smallest absolute Gasteiger partial charge is 0.113 e. The van der Waals surface area contributed by atoms with Gasteiger partial charge in [-0.25, -0.2) is 0 Å². The highest BCUT2D eigenvalue weighted by molar-refractivity contribution is 8.02.